The molecular weight excluding hydrogens is 182 g/mol. The van der Waals surface area contributed by atoms with Crippen molar-refractivity contribution in [2.45, 2.75) is 11.8 Å². The highest BCUT2D eigenvalue weighted by molar-refractivity contribution is 8.13. The predicted octanol–water partition coefficient (Wildman–Crippen LogP) is 1.72. The first-order valence-corrected chi connectivity index (χ1v) is 5.23. The maximum atomic E-state index is 11.5. The van der Waals surface area contributed by atoms with E-state index in [1.807, 2.05) is 25.2 Å². The molecule has 13 heavy (non-hydrogen) atoms. The lowest BCUT2D eigenvalue weighted by Crippen LogP contribution is -2.27. The molecule has 3 heteroatoms. The normalized spacial score (nSPS) is 21.3. The number of hydrogen-bond acceptors (Lipinski definition) is 3. The number of likely N-dealkylation sites (N-methyl/N-ethyl adjacent to an activating group) is 1. The minimum atomic E-state index is -0.116. The molecule has 1 N–H and O–H groups in total. The van der Waals surface area contributed by atoms with Gasteiger partial charge in [-0.3, -0.25) is 4.79 Å². The summed E-state index contributed by atoms with van der Waals surface area (Å²) in [6, 6.07) is 7.98. The van der Waals surface area contributed by atoms with Crippen LogP contribution in [0.1, 0.15) is 17.2 Å². The monoisotopic (exact) mass is 193 g/mol. The molecule has 0 bridgehead atoms. The molecule has 0 saturated heterocycles. The number of rotatable bonds is 1. The molecule has 0 saturated carbocycles. The van der Waals surface area contributed by atoms with Crippen LogP contribution in [0.4, 0.5) is 0 Å². The molecule has 1 heterocycles. The summed E-state index contributed by atoms with van der Waals surface area (Å²) in [5, 5.41) is 3.26. The number of carbonyl (C=O) groups excluding carboxylic acids is 1. The molecule has 2 nitrogen and oxygen atoms in total. The van der Waals surface area contributed by atoms with Gasteiger partial charge in [-0.2, -0.15) is 0 Å². The fourth-order valence-corrected chi connectivity index (χ4v) is 2.55. The molecule has 68 valence electrons. The summed E-state index contributed by atoms with van der Waals surface area (Å²) in [7, 11) is 1.82. The van der Waals surface area contributed by atoms with Gasteiger partial charge in [-0.15, -0.1) is 0 Å². The third-order valence-corrected chi connectivity index (χ3v) is 3.24. The molecule has 0 amide bonds. The van der Waals surface area contributed by atoms with Crippen molar-refractivity contribution in [2.24, 2.45) is 0 Å². The summed E-state index contributed by atoms with van der Waals surface area (Å²) in [5.41, 5.74) is 2.40. The fraction of sp³-hybridized carbons (Fsp3) is 0.300. The molecule has 0 spiro atoms. The lowest BCUT2D eigenvalue weighted by Gasteiger charge is -2.22. The number of carbonyl (C=O) groups is 1. The van der Waals surface area contributed by atoms with E-state index in [4.69, 9.17) is 0 Å². The number of benzene rings is 1. The lowest BCUT2D eigenvalue weighted by molar-refractivity contribution is -0.112. The zero-order valence-electron chi connectivity index (χ0n) is 7.41. The maximum Gasteiger partial charge on any atom is 0.210 e. The van der Waals surface area contributed by atoms with Crippen LogP contribution in [0.25, 0.3) is 0 Å². The van der Waals surface area contributed by atoms with E-state index in [-0.39, 0.29) is 11.2 Å². The van der Waals surface area contributed by atoms with Crippen LogP contribution >= 0.6 is 11.8 Å². The first kappa shape index (κ1) is 8.78. The Hall–Kier alpha value is -0.800. The summed E-state index contributed by atoms with van der Waals surface area (Å²) in [6.45, 7) is 0. The van der Waals surface area contributed by atoms with Gasteiger partial charge in [0.15, 0.2) is 0 Å². The lowest BCUT2D eigenvalue weighted by atomic mass is 10.0. The SMILES string of the molecule is CNC1C(=O)SCc2ccccc21. The van der Waals surface area contributed by atoms with Gasteiger partial charge >= 0.3 is 0 Å². The Balaban J connectivity index is 2.45. The van der Waals surface area contributed by atoms with Crippen molar-refractivity contribution >= 4 is 16.9 Å². The average Bonchev–Trinajstić information content (AvgIpc) is 2.18. The zero-order chi connectivity index (χ0) is 9.26. The third-order valence-electron chi connectivity index (χ3n) is 2.26. The van der Waals surface area contributed by atoms with Crippen molar-refractivity contribution in [2.75, 3.05) is 7.05 Å². The number of nitrogens with one attached hydrogen (secondary N) is 1. The molecular formula is C10H11NOS. The highest BCUT2D eigenvalue weighted by atomic mass is 32.2. The van der Waals surface area contributed by atoms with Crippen molar-refractivity contribution < 1.29 is 4.79 Å². The van der Waals surface area contributed by atoms with Crippen molar-refractivity contribution in [3.8, 4) is 0 Å². The zero-order valence-corrected chi connectivity index (χ0v) is 8.23. The fourth-order valence-electron chi connectivity index (χ4n) is 1.58. The Morgan fingerprint density at radius 1 is 1.46 bits per heavy atom. The highest BCUT2D eigenvalue weighted by Crippen LogP contribution is 2.32. The van der Waals surface area contributed by atoms with Crippen LogP contribution in [-0.4, -0.2) is 12.2 Å². The highest BCUT2D eigenvalue weighted by Gasteiger charge is 2.25. The second-order valence-corrected chi connectivity index (χ2v) is 4.01. The largest absolute Gasteiger partial charge is 0.306 e. The first-order chi connectivity index (χ1) is 6.33. The van der Waals surface area contributed by atoms with E-state index in [2.05, 4.69) is 11.4 Å². The van der Waals surface area contributed by atoms with Gasteiger partial charge in [-0.1, -0.05) is 36.0 Å². The van der Waals surface area contributed by atoms with Gasteiger partial charge in [-0.25, -0.2) is 0 Å². The standard InChI is InChI=1S/C10H11NOS/c1-11-9-8-5-3-2-4-7(8)6-13-10(9)12/h2-5,9,11H,6H2,1H3. The summed E-state index contributed by atoms with van der Waals surface area (Å²) < 4.78 is 0. The van der Waals surface area contributed by atoms with Crippen LogP contribution in [0.15, 0.2) is 24.3 Å². The molecule has 1 aliphatic heterocycles. The van der Waals surface area contributed by atoms with Crippen molar-refractivity contribution in [3.05, 3.63) is 35.4 Å². The summed E-state index contributed by atoms with van der Waals surface area (Å²) in [6.07, 6.45) is 0. The summed E-state index contributed by atoms with van der Waals surface area (Å²) >= 11 is 1.39. The molecule has 0 aromatic heterocycles. The molecule has 1 atom stereocenters. The van der Waals surface area contributed by atoms with Gasteiger partial charge in [0, 0.05) is 5.75 Å². The van der Waals surface area contributed by atoms with Gasteiger partial charge in [-0.05, 0) is 18.2 Å². The van der Waals surface area contributed by atoms with Crippen molar-refractivity contribution in [3.63, 3.8) is 0 Å². The molecule has 0 fully saturated rings. The van der Waals surface area contributed by atoms with Crippen LogP contribution in [-0.2, 0) is 10.5 Å². The molecule has 1 unspecified atom stereocenters. The van der Waals surface area contributed by atoms with Gasteiger partial charge in [0.1, 0.15) is 6.04 Å². The van der Waals surface area contributed by atoms with E-state index in [1.54, 1.807) is 0 Å². The summed E-state index contributed by atoms with van der Waals surface area (Å²) in [5.74, 6) is 0.813. The second-order valence-electron chi connectivity index (χ2n) is 3.03. The Morgan fingerprint density at radius 3 is 3.00 bits per heavy atom. The number of hydrogen-bond donors (Lipinski definition) is 1. The molecule has 1 aliphatic rings. The minimum absolute atomic E-state index is 0.116. The molecule has 1 aromatic rings. The van der Waals surface area contributed by atoms with E-state index < -0.39 is 0 Å². The van der Waals surface area contributed by atoms with E-state index in [0.717, 1.165) is 11.3 Å². The Kier molecular flexibility index (Phi) is 2.38. The average molecular weight is 193 g/mol. The van der Waals surface area contributed by atoms with Crippen LogP contribution < -0.4 is 5.32 Å². The van der Waals surface area contributed by atoms with Crippen molar-refractivity contribution in [1.82, 2.24) is 5.32 Å². The second kappa shape index (κ2) is 3.52. The van der Waals surface area contributed by atoms with E-state index in [9.17, 15) is 4.79 Å². The smallest absolute Gasteiger partial charge is 0.210 e. The minimum Gasteiger partial charge on any atom is -0.306 e. The Morgan fingerprint density at radius 2 is 2.23 bits per heavy atom. The topological polar surface area (TPSA) is 29.1 Å². The van der Waals surface area contributed by atoms with Crippen LogP contribution in [0.3, 0.4) is 0 Å². The molecule has 0 radical (unpaired) electrons. The summed E-state index contributed by atoms with van der Waals surface area (Å²) in [4.78, 5) is 11.5. The van der Waals surface area contributed by atoms with Gasteiger partial charge in [0.05, 0.1) is 0 Å². The van der Waals surface area contributed by atoms with Crippen molar-refractivity contribution in [1.29, 1.82) is 0 Å². The maximum absolute atomic E-state index is 11.5. The van der Waals surface area contributed by atoms with Crippen LogP contribution in [0.5, 0.6) is 0 Å². The van der Waals surface area contributed by atoms with Gasteiger partial charge in [0.25, 0.3) is 0 Å². The Bertz CT molecular complexity index is 337. The number of thioether (sulfide) groups is 1. The van der Waals surface area contributed by atoms with E-state index in [0.29, 0.717) is 0 Å². The van der Waals surface area contributed by atoms with E-state index >= 15 is 0 Å². The molecule has 2 rings (SSSR count). The first-order valence-electron chi connectivity index (χ1n) is 4.24. The predicted molar refractivity (Wildman–Crippen MR) is 54.5 cm³/mol. The quantitative estimate of drug-likeness (QED) is 0.736. The Labute approximate surface area is 81.7 Å². The number of fused-ring (bicyclic) bond motifs is 1. The van der Waals surface area contributed by atoms with Crippen LogP contribution in [0, 0.1) is 0 Å². The van der Waals surface area contributed by atoms with Gasteiger partial charge in [0.2, 0.25) is 5.12 Å². The molecule has 1 aromatic carbocycles. The third kappa shape index (κ3) is 1.49. The van der Waals surface area contributed by atoms with Crippen LogP contribution in [0.2, 0.25) is 0 Å². The van der Waals surface area contributed by atoms with E-state index in [1.165, 1.54) is 17.3 Å². The molecule has 0 aliphatic carbocycles. The van der Waals surface area contributed by atoms with Gasteiger partial charge < -0.3 is 5.32 Å².